The third-order valence-corrected chi connectivity index (χ3v) is 3.92. The summed E-state index contributed by atoms with van der Waals surface area (Å²) in [6.45, 7) is 4.23. The molecule has 1 aliphatic rings. The van der Waals surface area contributed by atoms with Crippen LogP contribution >= 0.6 is 15.9 Å². The highest BCUT2D eigenvalue weighted by Crippen LogP contribution is 2.25. The number of rotatable bonds is 4. The second kappa shape index (κ2) is 6.56. The van der Waals surface area contributed by atoms with Crippen molar-refractivity contribution in [3.05, 3.63) is 28.5 Å². The van der Waals surface area contributed by atoms with Gasteiger partial charge in [-0.2, -0.15) is 0 Å². The van der Waals surface area contributed by atoms with E-state index in [9.17, 15) is 14.0 Å². The average Bonchev–Trinajstić information content (AvgIpc) is 2.79. The van der Waals surface area contributed by atoms with Crippen molar-refractivity contribution in [2.75, 3.05) is 6.54 Å². The third kappa shape index (κ3) is 3.61. The van der Waals surface area contributed by atoms with Crippen LogP contribution in [-0.4, -0.2) is 29.4 Å². The number of hydrogen-bond acceptors (Lipinski definition) is 3. The Kier molecular flexibility index (Phi) is 4.98. The number of nitrogens with zero attached hydrogens (tertiary/aromatic N) is 1. The molecule has 1 amide bonds. The van der Waals surface area contributed by atoms with Crippen LogP contribution in [0.5, 0.6) is 5.75 Å². The lowest BCUT2D eigenvalue weighted by atomic mass is 10.0. The molecule has 4 nitrogen and oxygen atoms in total. The van der Waals surface area contributed by atoms with Crippen molar-refractivity contribution in [2.24, 2.45) is 5.92 Å². The molecule has 0 N–H and O–H groups in total. The Morgan fingerprint density at radius 3 is 2.67 bits per heavy atom. The van der Waals surface area contributed by atoms with Crippen LogP contribution in [-0.2, 0) is 9.59 Å². The minimum absolute atomic E-state index is 0.0538. The van der Waals surface area contributed by atoms with Gasteiger partial charge in [-0.1, -0.05) is 29.8 Å². The van der Waals surface area contributed by atoms with Crippen LogP contribution in [0.1, 0.15) is 26.7 Å². The maximum Gasteiger partial charge on any atom is 0.334 e. The number of carbonyl (C=O) groups excluding carboxylic acids is 2. The van der Waals surface area contributed by atoms with Gasteiger partial charge in [0, 0.05) is 17.4 Å². The molecule has 1 heterocycles. The van der Waals surface area contributed by atoms with Crippen LogP contribution in [0.3, 0.4) is 0 Å². The van der Waals surface area contributed by atoms with E-state index in [2.05, 4.69) is 15.9 Å². The van der Waals surface area contributed by atoms with Crippen LogP contribution in [0, 0.1) is 11.7 Å². The van der Waals surface area contributed by atoms with Crippen molar-refractivity contribution >= 4 is 27.8 Å². The summed E-state index contributed by atoms with van der Waals surface area (Å²) in [5, 5.41) is 0. The first-order valence-corrected chi connectivity index (χ1v) is 7.65. The lowest BCUT2D eigenvalue weighted by molar-refractivity contribution is -0.148. The molecule has 21 heavy (non-hydrogen) atoms. The predicted molar refractivity (Wildman–Crippen MR) is 79.3 cm³/mol. The molecule has 1 unspecified atom stereocenters. The Balaban J connectivity index is 2.17. The lowest BCUT2D eigenvalue weighted by Gasteiger charge is -2.28. The summed E-state index contributed by atoms with van der Waals surface area (Å²) < 4.78 is 19.5. The van der Waals surface area contributed by atoms with Gasteiger partial charge in [0.1, 0.15) is 6.04 Å². The summed E-state index contributed by atoms with van der Waals surface area (Å²) in [6.07, 6.45) is 1.19. The van der Waals surface area contributed by atoms with Gasteiger partial charge in [-0.3, -0.25) is 4.79 Å². The Hall–Kier alpha value is -1.43. The van der Waals surface area contributed by atoms with E-state index < -0.39 is 17.8 Å². The quantitative estimate of drug-likeness (QED) is 0.614. The summed E-state index contributed by atoms with van der Waals surface area (Å²) in [7, 11) is 0. The molecular weight excluding hydrogens is 341 g/mol. The van der Waals surface area contributed by atoms with E-state index in [1.165, 1.54) is 17.0 Å². The zero-order valence-corrected chi connectivity index (χ0v) is 13.5. The van der Waals surface area contributed by atoms with Crippen molar-refractivity contribution < 1.29 is 18.7 Å². The first-order valence-electron chi connectivity index (χ1n) is 6.86. The zero-order valence-electron chi connectivity index (χ0n) is 11.9. The summed E-state index contributed by atoms with van der Waals surface area (Å²) in [5.74, 6) is -1.49. The van der Waals surface area contributed by atoms with E-state index in [-0.39, 0.29) is 17.6 Å². The number of hydrogen-bond donors (Lipinski definition) is 0. The minimum Gasteiger partial charge on any atom is -0.422 e. The highest BCUT2D eigenvalue weighted by Gasteiger charge is 2.36. The maximum absolute atomic E-state index is 13.7. The van der Waals surface area contributed by atoms with Crippen molar-refractivity contribution in [3.63, 3.8) is 0 Å². The van der Waals surface area contributed by atoms with E-state index in [1.807, 2.05) is 13.8 Å². The van der Waals surface area contributed by atoms with E-state index in [0.29, 0.717) is 17.4 Å². The fourth-order valence-electron chi connectivity index (χ4n) is 2.45. The van der Waals surface area contributed by atoms with Gasteiger partial charge in [-0.05, 0) is 30.5 Å². The molecule has 2 rings (SSSR count). The monoisotopic (exact) mass is 357 g/mol. The Bertz CT molecular complexity index is 562. The van der Waals surface area contributed by atoms with E-state index >= 15 is 0 Å². The molecule has 0 bridgehead atoms. The molecule has 0 aliphatic carbocycles. The van der Waals surface area contributed by atoms with Gasteiger partial charge < -0.3 is 9.64 Å². The lowest BCUT2D eigenvalue weighted by Crippen LogP contribution is -2.47. The number of benzene rings is 1. The smallest absolute Gasteiger partial charge is 0.334 e. The molecule has 114 valence electrons. The van der Waals surface area contributed by atoms with Crippen molar-refractivity contribution in [1.82, 2.24) is 4.90 Å². The summed E-state index contributed by atoms with van der Waals surface area (Å²) in [6, 6.07) is 3.54. The Labute approximate surface area is 131 Å². The fraction of sp³-hybridized carbons (Fsp3) is 0.467. The van der Waals surface area contributed by atoms with Crippen LogP contribution < -0.4 is 4.74 Å². The summed E-state index contributed by atoms with van der Waals surface area (Å²) in [5.41, 5.74) is 0. The third-order valence-electron chi connectivity index (χ3n) is 3.42. The largest absolute Gasteiger partial charge is 0.422 e. The number of likely N-dealkylation sites (tertiary alicyclic amines) is 1. The van der Waals surface area contributed by atoms with Gasteiger partial charge >= 0.3 is 5.97 Å². The van der Waals surface area contributed by atoms with Crippen LogP contribution in [0.2, 0.25) is 0 Å². The van der Waals surface area contributed by atoms with Crippen LogP contribution in [0.15, 0.2) is 22.7 Å². The molecule has 1 saturated heterocycles. The van der Waals surface area contributed by atoms with Gasteiger partial charge in [0.25, 0.3) is 0 Å². The van der Waals surface area contributed by atoms with Crippen molar-refractivity contribution in [3.8, 4) is 5.75 Å². The van der Waals surface area contributed by atoms with Crippen molar-refractivity contribution in [1.29, 1.82) is 0 Å². The predicted octanol–water partition coefficient (Wildman–Crippen LogP) is 3.14. The zero-order chi connectivity index (χ0) is 15.6. The second-order valence-electron chi connectivity index (χ2n) is 5.38. The Morgan fingerprint density at radius 1 is 1.43 bits per heavy atom. The number of carbonyl (C=O) groups is 2. The number of halogens is 2. The van der Waals surface area contributed by atoms with E-state index in [1.54, 1.807) is 6.07 Å². The molecule has 0 spiro atoms. The normalized spacial score (nSPS) is 16.4. The first kappa shape index (κ1) is 15.9. The maximum atomic E-state index is 13.7. The molecule has 0 radical (unpaired) electrons. The molecule has 1 fully saturated rings. The summed E-state index contributed by atoms with van der Waals surface area (Å²) in [4.78, 5) is 25.7. The number of ether oxygens (including phenoxy) is 1. The average molecular weight is 358 g/mol. The molecular formula is C15H17BrFNO3. The topological polar surface area (TPSA) is 46.6 Å². The van der Waals surface area contributed by atoms with Gasteiger partial charge in [0.15, 0.2) is 11.6 Å². The van der Waals surface area contributed by atoms with E-state index in [4.69, 9.17) is 4.74 Å². The van der Waals surface area contributed by atoms with Crippen LogP contribution in [0.25, 0.3) is 0 Å². The highest BCUT2D eigenvalue weighted by molar-refractivity contribution is 9.10. The molecule has 1 atom stereocenters. The SMILES string of the molecule is CC(C)C(C(=O)Oc1ccc(Br)cc1F)N1CCCC1=O. The molecule has 0 aromatic heterocycles. The first-order chi connectivity index (χ1) is 9.90. The Morgan fingerprint density at radius 2 is 2.14 bits per heavy atom. The van der Waals surface area contributed by atoms with Crippen LogP contribution in [0.4, 0.5) is 4.39 Å². The van der Waals surface area contributed by atoms with Gasteiger partial charge in [-0.15, -0.1) is 0 Å². The van der Waals surface area contributed by atoms with Crippen molar-refractivity contribution in [2.45, 2.75) is 32.7 Å². The second-order valence-corrected chi connectivity index (χ2v) is 6.29. The van der Waals surface area contributed by atoms with E-state index in [0.717, 1.165) is 6.42 Å². The number of esters is 1. The molecule has 1 aromatic carbocycles. The van der Waals surface area contributed by atoms with Gasteiger partial charge in [-0.25, -0.2) is 9.18 Å². The van der Waals surface area contributed by atoms with Gasteiger partial charge in [0.05, 0.1) is 0 Å². The molecule has 0 saturated carbocycles. The molecule has 1 aromatic rings. The fourth-order valence-corrected chi connectivity index (χ4v) is 2.78. The molecule has 1 aliphatic heterocycles. The minimum atomic E-state index is -0.678. The number of amides is 1. The molecule has 6 heteroatoms. The summed E-state index contributed by atoms with van der Waals surface area (Å²) >= 11 is 3.14. The van der Waals surface area contributed by atoms with Gasteiger partial charge in [0.2, 0.25) is 5.91 Å². The highest BCUT2D eigenvalue weighted by atomic mass is 79.9. The standard InChI is InChI=1S/C15H17BrFNO3/c1-9(2)14(18-7-3-4-13(18)19)15(20)21-12-6-5-10(16)8-11(12)17/h5-6,8-9,14H,3-4,7H2,1-2H3.